The van der Waals surface area contributed by atoms with Crippen molar-refractivity contribution >= 4 is 0 Å². The molecule has 0 spiro atoms. The van der Waals surface area contributed by atoms with Gasteiger partial charge in [-0.1, -0.05) is 5.16 Å². The molecule has 1 aliphatic heterocycles. The minimum absolute atomic E-state index is 0.492. The fourth-order valence-electron chi connectivity index (χ4n) is 3.52. The molecular weight excluding hydrogens is 318 g/mol. The fourth-order valence-corrected chi connectivity index (χ4v) is 3.52. The summed E-state index contributed by atoms with van der Waals surface area (Å²) in [5, 5.41) is 3.99. The van der Waals surface area contributed by atoms with Gasteiger partial charge >= 0.3 is 0 Å². The van der Waals surface area contributed by atoms with Crippen molar-refractivity contribution in [3.63, 3.8) is 0 Å². The Labute approximate surface area is 149 Å². The maximum absolute atomic E-state index is 5.52. The Morgan fingerprint density at radius 2 is 2.16 bits per heavy atom. The van der Waals surface area contributed by atoms with E-state index in [0.29, 0.717) is 18.5 Å². The van der Waals surface area contributed by atoms with Gasteiger partial charge in [0.25, 0.3) is 0 Å². The molecule has 0 radical (unpaired) electrons. The van der Waals surface area contributed by atoms with Gasteiger partial charge in [-0.2, -0.15) is 4.98 Å². The van der Waals surface area contributed by atoms with Crippen molar-refractivity contribution in [1.82, 2.24) is 24.9 Å². The zero-order valence-electron chi connectivity index (χ0n) is 15.7. The standard InChI is InChI=1S/C18H27N5O2/c1-12-8-19-16(13(2)18(12)24-5)10-23-7-6-15(9-23)22(4)11-17-20-14(3)25-21-17/h8,15H,6-7,9-11H2,1-5H3. The molecule has 2 aromatic heterocycles. The average molecular weight is 345 g/mol. The van der Waals surface area contributed by atoms with E-state index in [-0.39, 0.29) is 0 Å². The Bertz CT molecular complexity index is 730. The maximum Gasteiger partial charge on any atom is 0.223 e. The lowest BCUT2D eigenvalue weighted by Crippen LogP contribution is -2.34. The van der Waals surface area contributed by atoms with Crippen LogP contribution in [0.5, 0.6) is 5.75 Å². The summed E-state index contributed by atoms with van der Waals surface area (Å²) in [5.74, 6) is 2.32. The van der Waals surface area contributed by atoms with E-state index in [9.17, 15) is 0 Å². The Morgan fingerprint density at radius 1 is 1.36 bits per heavy atom. The number of aromatic nitrogens is 3. The van der Waals surface area contributed by atoms with Crippen LogP contribution in [0.4, 0.5) is 0 Å². The van der Waals surface area contributed by atoms with Crippen LogP contribution in [0.15, 0.2) is 10.7 Å². The first-order valence-corrected chi connectivity index (χ1v) is 8.68. The molecule has 3 heterocycles. The molecule has 2 aromatic rings. The van der Waals surface area contributed by atoms with Gasteiger partial charge in [-0.3, -0.25) is 14.8 Å². The molecule has 0 bridgehead atoms. The summed E-state index contributed by atoms with van der Waals surface area (Å²) in [5.41, 5.74) is 3.32. The van der Waals surface area contributed by atoms with Crippen LogP contribution in [-0.2, 0) is 13.1 Å². The number of hydrogen-bond donors (Lipinski definition) is 0. The van der Waals surface area contributed by atoms with E-state index in [1.54, 1.807) is 7.11 Å². The third kappa shape index (κ3) is 3.99. The molecule has 1 unspecified atom stereocenters. The second-order valence-electron chi connectivity index (χ2n) is 6.87. The molecule has 7 nitrogen and oxygen atoms in total. The number of methoxy groups -OCH3 is 1. The van der Waals surface area contributed by atoms with Crippen LogP contribution in [0.1, 0.15) is 35.0 Å². The number of hydrogen-bond acceptors (Lipinski definition) is 7. The Hall–Kier alpha value is -1.99. The van der Waals surface area contributed by atoms with E-state index >= 15 is 0 Å². The molecule has 0 aromatic carbocycles. The maximum atomic E-state index is 5.52. The third-order valence-electron chi connectivity index (χ3n) is 4.95. The van der Waals surface area contributed by atoms with Crippen molar-refractivity contribution < 1.29 is 9.26 Å². The highest BCUT2D eigenvalue weighted by Gasteiger charge is 2.27. The van der Waals surface area contributed by atoms with E-state index < -0.39 is 0 Å². The van der Waals surface area contributed by atoms with Crippen molar-refractivity contribution in [2.75, 3.05) is 27.2 Å². The van der Waals surface area contributed by atoms with Gasteiger partial charge in [-0.05, 0) is 27.3 Å². The van der Waals surface area contributed by atoms with Crippen LogP contribution in [0.3, 0.4) is 0 Å². The minimum atomic E-state index is 0.492. The highest BCUT2D eigenvalue weighted by molar-refractivity contribution is 5.41. The lowest BCUT2D eigenvalue weighted by atomic mass is 10.1. The molecule has 1 fully saturated rings. The largest absolute Gasteiger partial charge is 0.496 e. The number of pyridine rings is 1. The summed E-state index contributed by atoms with van der Waals surface area (Å²) in [7, 11) is 3.85. The van der Waals surface area contributed by atoms with Crippen LogP contribution in [0.25, 0.3) is 0 Å². The van der Waals surface area contributed by atoms with Crippen molar-refractivity contribution in [2.24, 2.45) is 0 Å². The van der Waals surface area contributed by atoms with Gasteiger partial charge in [0.2, 0.25) is 5.89 Å². The quantitative estimate of drug-likeness (QED) is 0.794. The third-order valence-corrected chi connectivity index (χ3v) is 4.95. The Morgan fingerprint density at radius 3 is 2.84 bits per heavy atom. The molecule has 1 atom stereocenters. The van der Waals surface area contributed by atoms with Gasteiger partial charge in [0, 0.05) is 49.9 Å². The van der Waals surface area contributed by atoms with Crippen molar-refractivity contribution in [2.45, 2.75) is 46.3 Å². The predicted molar refractivity (Wildman–Crippen MR) is 94.4 cm³/mol. The van der Waals surface area contributed by atoms with Crippen LogP contribution < -0.4 is 4.74 Å². The highest BCUT2D eigenvalue weighted by Crippen LogP contribution is 2.26. The van der Waals surface area contributed by atoms with Crippen molar-refractivity contribution in [3.05, 3.63) is 34.7 Å². The minimum Gasteiger partial charge on any atom is -0.496 e. The second-order valence-corrected chi connectivity index (χ2v) is 6.87. The number of nitrogens with zero attached hydrogens (tertiary/aromatic N) is 5. The highest BCUT2D eigenvalue weighted by atomic mass is 16.5. The molecule has 0 saturated carbocycles. The fraction of sp³-hybridized carbons (Fsp3) is 0.611. The second kappa shape index (κ2) is 7.49. The molecule has 0 aliphatic carbocycles. The van der Waals surface area contributed by atoms with Gasteiger partial charge in [-0.25, -0.2) is 0 Å². The van der Waals surface area contributed by atoms with E-state index in [1.165, 1.54) is 0 Å². The number of likely N-dealkylation sites (tertiary alicyclic amines) is 1. The number of ether oxygens (including phenoxy) is 1. The first kappa shape index (κ1) is 17.8. The normalized spacial score (nSPS) is 18.2. The van der Waals surface area contributed by atoms with Crippen LogP contribution in [-0.4, -0.2) is 58.2 Å². The Balaban J connectivity index is 1.59. The van der Waals surface area contributed by atoms with Crippen LogP contribution in [0.2, 0.25) is 0 Å². The molecule has 25 heavy (non-hydrogen) atoms. The molecule has 0 amide bonds. The first-order valence-electron chi connectivity index (χ1n) is 8.68. The predicted octanol–water partition coefficient (Wildman–Crippen LogP) is 2.10. The number of aryl methyl sites for hydroxylation is 2. The summed E-state index contributed by atoms with van der Waals surface area (Å²) in [6.07, 6.45) is 3.04. The van der Waals surface area contributed by atoms with Gasteiger partial charge in [-0.15, -0.1) is 0 Å². The average Bonchev–Trinajstić information content (AvgIpc) is 3.20. The van der Waals surface area contributed by atoms with Gasteiger partial charge in [0.05, 0.1) is 19.3 Å². The molecular formula is C18H27N5O2. The van der Waals surface area contributed by atoms with E-state index in [0.717, 1.165) is 54.4 Å². The molecule has 136 valence electrons. The van der Waals surface area contributed by atoms with Crippen molar-refractivity contribution in [1.29, 1.82) is 0 Å². The van der Waals surface area contributed by atoms with E-state index in [4.69, 9.17) is 9.26 Å². The van der Waals surface area contributed by atoms with E-state index in [1.807, 2.05) is 20.0 Å². The molecule has 1 saturated heterocycles. The summed E-state index contributed by atoms with van der Waals surface area (Å²) in [6, 6.07) is 0.492. The topological polar surface area (TPSA) is 67.5 Å². The molecule has 3 rings (SSSR count). The summed E-state index contributed by atoms with van der Waals surface area (Å²) < 4.78 is 10.6. The zero-order chi connectivity index (χ0) is 18.0. The van der Waals surface area contributed by atoms with Crippen LogP contribution >= 0.6 is 0 Å². The summed E-state index contributed by atoms with van der Waals surface area (Å²) >= 11 is 0. The summed E-state index contributed by atoms with van der Waals surface area (Å²) in [4.78, 5) is 13.7. The van der Waals surface area contributed by atoms with Crippen molar-refractivity contribution in [3.8, 4) is 5.75 Å². The smallest absolute Gasteiger partial charge is 0.223 e. The lowest BCUT2D eigenvalue weighted by Gasteiger charge is -2.23. The zero-order valence-corrected chi connectivity index (χ0v) is 15.7. The Kier molecular flexibility index (Phi) is 5.34. The van der Waals surface area contributed by atoms with Gasteiger partial charge < -0.3 is 9.26 Å². The number of likely N-dealkylation sites (N-methyl/N-ethyl adjacent to an activating group) is 1. The van der Waals surface area contributed by atoms with Crippen LogP contribution in [0, 0.1) is 20.8 Å². The molecule has 0 N–H and O–H groups in total. The molecule has 1 aliphatic rings. The summed E-state index contributed by atoms with van der Waals surface area (Å²) in [6.45, 7) is 9.59. The monoisotopic (exact) mass is 345 g/mol. The first-order chi connectivity index (χ1) is 12.0. The lowest BCUT2D eigenvalue weighted by molar-refractivity contribution is 0.215. The van der Waals surface area contributed by atoms with Gasteiger partial charge in [0.1, 0.15) is 5.75 Å². The SMILES string of the molecule is COc1c(C)cnc(CN2CCC(N(C)Cc3noc(C)n3)C2)c1C. The van der Waals surface area contributed by atoms with Gasteiger partial charge in [0.15, 0.2) is 5.82 Å². The van der Waals surface area contributed by atoms with E-state index in [2.05, 4.69) is 38.9 Å². The molecule has 7 heteroatoms. The number of rotatable bonds is 6.